The molecule has 0 aliphatic heterocycles. The van der Waals surface area contributed by atoms with E-state index in [4.69, 9.17) is 16.2 Å². The Bertz CT molecular complexity index is 81.0. The summed E-state index contributed by atoms with van der Waals surface area (Å²) in [6, 6.07) is -0.0904. The fraction of sp³-hybridized carbons (Fsp3) is 1.00. The highest BCUT2D eigenvalue weighted by Crippen LogP contribution is 1.93. The van der Waals surface area contributed by atoms with Gasteiger partial charge in [-0.1, -0.05) is 0 Å². The molecule has 0 saturated heterocycles. The number of halogens is 2. The van der Waals surface area contributed by atoms with Gasteiger partial charge in [0.1, 0.15) is 6.23 Å². The number of ether oxygens (including phenoxy) is 1. The van der Waals surface area contributed by atoms with Gasteiger partial charge in [0.2, 0.25) is 0 Å². The second-order valence-electron chi connectivity index (χ2n) is 2.51. The van der Waals surface area contributed by atoms with Crippen molar-refractivity contribution in [2.75, 3.05) is 0 Å². The molecule has 0 radical (unpaired) electrons. The quantitative estimate of drug-likeness (QED) is 0.672. The van der Waals surface area contributed by atoms with E-state index in [0.29, 0.717) is 0 Å². The third-order valence-electron chi connectivity index (χ3n) is 0.948. The molecule has 0 aromatic heterocycles. The van der Waals surface area contributed by atoms with Crippen molar-refractivity contribution in [1.82, 2.24) is 0 Å². The summed E-state index contributed by atoms with van der Waals surface area (Å²) in [7, 11) is 0. The van der Waals surface area contributed by atoms with Crippen LogP contribution in [-0.2, 0) is 4.74 Å². The van der Waals surface area contributed by atoms with E-state index in [1.807, 2.05) is 20.8 Å². The lowest BCUT2D eigenvalue weighted by molar-refractivity contribution is 0.000538. The van der Waals surface area contributed by atoms with Gasteiger partial charge in [-0.05, 0) is 20.8 Å². The number of hydrogen-bond acceptors (Lipinski definition) is 3. The molecular formula is C6H18Cl2N2O. The van der Waals surface area contributed by atoms with Crippen molar-refractivity contribution in [3.63, 3.8) is 0 Å². The maximum absolute atomic E-state index is 5.47. The van der Waals surface area contributed by atoms with Crippen LogP contribution in [0.3, 0.4) is 0 Å². The molecule has 0 aromatic carbocycles. The molecule has 0 rings (SSSR count). The Labute approximate surface area is 80.7 Å². The summed E-state index contributed by atoms with van der Waals surface area (Å²) in [4.78, 5) is 0. The zero-order valence-electron chi connectivity index (χ0n) is 7.11. The zero-order valence-corrected chi connectivity index (χ0v) is 8.74. The molecule has 0 aromatic rings. The molecule has 11 heavy (non-hydrogen) atoms. The van der Waals surface area contributed by atoms with Crippen molar-refractivity contribution in [3.8, 4) is 0 Å². The summed E-state index contributed by atoms with van der Waals surface area (Å²) in [6.45, 7) is 5.69. The first kappa shape index (κ1) is 17.5. The molecule has 2 atom stereocenters. The van der Waals surface area contributed by atoms with Gasteiger partial charge in [-0.25, -0.2) is 0 Å². The molecule has 72 valence electrons. The highest BCUT2D eigenvalue weighted by atomic mass is 35.5. The van der Waals surface area contributed by atoms with Gasteiger partial charge >= 0.3 is 0 Å². The Balaban J connectivity index is -0.000000320. The average Bonchev–Trinajstić information content (AvgIpc) is 1.63. The van der Waals surface area contributed by atoms with Gasteiger partial charge in [-0.3, -0.25) is 0 Å². The molecule has 0 spiro atoms. The number of nitrogens with two attached hydrogens (primary N) is 2. The first-order valence-corrected chi connectivity index (χ1v) is 3.20. The molecule has 0 bridgehead atoms. The largest absolute Gasteiger partial charge is 0.359 e. The van der Waals surface area contributed by atoms with Gasteiger partial charge in [-0.15, -0.1) is 24.8 Å². The molecule has 0 aliphatic carbocycles. The van der Waals surface area contributed by atoms with E-state index in [1.54, 1.807) is 0 Å². The summed E-state index contributed by atoms with van der Waals surface area (Å²) >= 11 is 0. The summed E-state index contributed by atoms with van der Waals surface area (Å²) in [5.41, 5.74) is 10.9. The minimum Gasteiger partial charge on any atom is -0.359 e. The van der Waals surface area contributed by atoms with Gasteiger partial charge in [0.25, 0.3) is 0 Å². The molecule has 0 heterocycles. The fourth-order valence-electron chi connectivity index (χ4n) is 0.438. The summed E-state index contributed by atoms with van der Waals surface area (Å²) in [5.74, 6) is 0. The molecule has 4 N–H and O–H groups in total. The third kappa shape index (κ3) is 10.5. The van der Waals surface area contributed by atoms with Gasteiger partial charge in [0.05, 0.1) is 6.10 Å². The third-order valence-corrected chi connectivity index (χ3v) is 0.948. The standard InChI is InChI=1S/C6H16N2O.2ClH/c1-4(2)9-6(8)5(3)7;;/h4-6H,7-8H2,1-3H3;2*1H. The lowest BCUT2D eigenvalue weighted by atomic mass is 10.3. The maximum atomic E-state index is 5.47. The summed E-state index contributed by atoms with van der Waals surface area (Å²) in [5, 5.41) is 0. The summed E-state index contributed by atoms with van der Waals surface area (Å²) < 4.78 is 5.16. The second-order valence-corrected chi connectivity index (χ2v) is 2.51. The number of hydrogen-bond donors (Lipinski definition) is 2. The smallest absolute Gasteiger partial charge is 0.120 e. The van der Waals surface area contributed by atoms with Crippen molar-refractivity contribution in [2.45, 2.75) is 39.1 Å². The first-order chi connectivity index (χ1) is 4.04. The van der Waals surface area contributed by atoms with Gasteiger partial charge in [0, 0.05) is 6.04 Å². The van der Waals surface area contributed by atoms with Crippen LogP contribution in [-0.4, -0.2) is 18.4 Å². The van der Waals surface area contributed by atoms with E-state index in [-0.39, 0.29) is 43.2 Å². The predicted octanol–water partition coefficient (Wildman–Crippen LogP) is 0.887. The average molecular weight is 205 g/mol. The monoisotopic (exact) mass is 204 g/mol. The van der Waals surface area contributed by atoms with Crippen LogP contribution in [0.2, 0.25) is 0 Å². The van der Waals surface area contributed by atoms with Crippen molar-refractivity contribution in [3.05, 3.63) is 0 Å². The van der Waals surface area contributed by atoms with Crippen LogP contribution in [0.4, 0.5) is 0 Å². The van der Waals surface area contributed by atoms with Crippen molar-refractivity contribution in [1.29, 1.82) is 0 Å². The molecule has 3 nitrogen and oxygen atoms in total. The van der Waals surface area contributed by atoms with Crippen LogP contribution in [0.25, 0.3) is 0 Å². The van der Waals surface area contributed by atoms with Crippen LogP contribution < -0.4 is 11.5 Å². The SMILES string of the molecule is CC(C)OC(N)C(C)N.Cl.Cl. The van der Waals surface area contributed by atoms with Gasteiger partial charge < -0.3 is 16.2 Å². The second kappa shape index (κ2) is 8.56. The first-order valence-electron chi connectivity index (χ1n) is 3.20. The van der Waals surface area contributed by atoms with E-state index in [1.165, 1.54) is 0 Å². The van der Waals surface area contributed by atoms with E-state index in [2.05, 4.69) is 0 Å². The molecule has 5 heteroatoms. The zero-order chi connectivity index (χ0) is 7.44. The van der Waals surface area contributed by atoms with E-state index < -0.39 is 0 Å². The maximum Gasteiger partial charge on any atom is 0.120 e. The Morgan fingerprint density at radius 2 is 1.36 bits per heavy atom. The topological polar surface area (TPSA) is 61.3 Å². The Morgan fingerprint density at radius 3 is 1.45 bits per heavy atom. The van der Waals surface area contributed by atoms with E-state index >= 15 is 0 Å². The molecule has 0 aliphatic rings. The molecule has 2 unspecified atom stereocenters. The normalized spacial score (nSPS) is 14.7. The fourth-order valence-corrected chi connectivity index (χ4v) is 0.438. The minimum absolute atomic E-state index is 0. The Kier molecular flexibility index (Phi) is 13.6. The molecule has 0 fully saturated rings. The molecule has 0 amide bonds. The van der Waals surface area contributed by atoms with Crippen LogP contribution in [0.15, 0.2) is 0 Å². The van der Waals surface area contributed by atoms with Crippen LogP contribution in [0.5, 0.6) is 0 Å². The van der Waals surface area contributed by atoms with Gasteiger partial charge in [0.15, 0.2) is 0 Å². The lowest BCUT2D eigenvalue weighted by Crippen LogP contribution is -2.42. The van der Waals surface area contributed by atoms with Crippen molar-refractivity contribution in [2.24, 2.45) is 11.5 Å². The highest BCUT2D eigenvalue weighted by Gasteiger charge is 2.08. The Hall–Kier alpha value is 0.460. The van der Waals surface area contributed by atoms with E-state index in [9.17, 15) is 0 Å². The minimum atomic E-state index is -0.329. The predicted molar refractivity (Wildman–Crippen MR) is 52.3 cm³/mol. The van der Waals surface area contributed by atoms with E-state index in [0.717, 1.165) is 0 Å². The van der Waals surface area contributed by atoms with Gasteiger partial charge in [-0.2, -0.15) is 0 Å². The van der Waals surface area contributed by atoms with Crippen LogP contribution in [0.1, 0.15) is 20.8 Å². The number of rotatable bonds is 3. The van der Waals surface area contributed by atoms with Crippen molar-refractivity contribution < 1.29 is 4.74 Å². The van der Waals surface area contributed by atoms with Crippen molar-refractivity contribution >= 4 is 24.8 Å². The summed E-state index contributed by atoms with van der Waals surface area (Å²) in [6.07, 6.45) is -0.170. The highest BCUT2D eigenvalue weighted by molar-refractivity contribution is 5.85. The lowest BCUT2D eigenvalue weighted by Gasteiger charge is -2.18. The molecular weight excluding hydrogens is 187 g/mol. The molecule has 0 saturated carbocycles. The Morgan fingerprint density at radius 1 is 1.00 bits per heavy atom. The van der Waals surface area contributed by atoms with Crippen LogP contribution in [0, 0.1) is 0 Å². The van der Waals surface area contributed by atoms with Crippen LogP contribution >= 0.6 is 24.8 Å².